The zero-order chi connectivity index (χ0) is 12.8. The summed E-state index contributed by atoms with van der Waals surface area (Å²) < 4.78 is 5.29. The summed E-state index contributed by atoms with van der Waals surface area (Å²) in [6.07, 6.45) is -1.16. The molecule has 0 bridgehead atoms. The van der Waals surface area contributed by atoms with Gasteiger partial charge >= 0.3 is 5.97 Å². The summed E-state index contributed by atoms with van der Waals surface area (Å²) in [5, 5.41) is 16.7. The number of nitrogens with one attached hydrogen (secondary N) is 1. The molecule has 0 saturated heterocycles. The van der Waals surface area contributed by atoms with Gasteiger partial charge in [0.05, 0.1) is 12.3 Å². The zero-order valence-electron chi connectivity index (χ0n) is 10.0. The molecule has 0 spiro atoms. The van der Waals surface area contributed by atoms with Crippen LogP contribution in [0.4, 0.5) is 0 Å². The van der Waals surface area contributed by atoms with Gasteiger partial charge in [-0.1, -0.05) is 44.2 Å². The van der Waals surface area contributed by atoms with Gasteiger partial charge < -0.3 is 15.3 Å². The lowest BCUT2D eigenvalue weighted by Crippen LogP contribution is -2.35. The molecule has 1 aromatic carbocycles. The molecule has 1 rings (SSSR count). The van der Waals surface area contributed by atoms with Crippen molar-refractivity contribution < 1.29 is 14.6 Å². The first-order valence-electron chi connectivity index (χ1n) is 5.49. The highest BCUT2D eigenvalue weighted by Gasteiger charge is 2.25. The van der Waals surface area contributed by atoms with E-state index in [1.807, 2.05) is 30.3 Å². The van der Waals surface area contributed by atoms with Crippen LogP contribution in [-0.2, 0) is 16.1 Å². The third-order valence-corrected chi connectivity index (χ3v) is 2.39. The number of hydrogen-bond acceptors (Lipinski definition) is 3. The fourth-order valence-electron chi connectivity index (χ4n) is 1.35. The Hall–Kier alpha value is -1.68. The van der Waals surface area contributed by atoms with Crippen LogP contribution in [0.15, 0.2) is 30.3 Å². The predicted molar refractivity (Wildman–Crippen MR) is 65.2 cm³/mol. The molecule has 0 radical (unpaired) electrons. The minimum atomic E-state index is -1.16. The van der Waals surface area contributed by atoms with Gasteiger partial charge in [-0.3, -0.25) is 0 Å². The Morgan fingerprint density at radius 2 is 1.94 bits per heavy atom. The molecule has 2 N–H and O–H groups in total. The van der Waals surface area contributed by atoms with Gasteiger partial charge in [0.25, 0.3) is 0 Å². The molecule has 0 fully saturated rings. The van der Waals surface area contributed by atoms with Gasteiger partial charge in [-0.25, -0.2) is 4.79 Å². The summed E-state index contributed by atoms with van der Waals surface area (Å²) in [5.41, 5.74) is 0.990. The van der Waals surface area contributed by atoms with Crippen LogP contribution < -0.4 is 0 Å². The first-order chi connectivity index (χ1) is 8.02. The van der Waals surface area contributed by atoms with Crippen molar-refractivity contribution in [3.05, 3.63) is 35.9 Å². The highest BCUT2D eigenvalue weighted by atomic mass is 16.5. The summed E-state index contributed by atoms with van der Waals surface area (Å²) >= 11 is 0. The Kier molecular flexibility index (Phi) is 4.84. The average Bonchev–Trinajstić information content (AvgIpc) is 2.29. The summed E-state index contributed by atoms with van der Waals surface area (Å²) in [5.74, 6) is -1.24. The van der Waals surface area contributed by atoms with E-state index in [0.29, 0.717) is 0 Å². The lowest BCUT2D eigenvalue weighted by atomic mass is 10.0. The number of carbonyl (C=O) groups is 1. The van der Waals surface area contributed by atoms with Gasteiger partial charge in [0.15, 0.2) is 6.10 Å². The van der Waals surface area contributed by atoms with Gasteiger partial charge in [0.2, 0.25) is 0 Å². The second-order valence-electron chi connectivity index (χ2n) is 4.12. The first kappa shape index (κ1) is 13.4. The molecular weight excluding hydrogens is 218 g/mol. The largest absolute Gasteiger partial charge is 0.479 e. The lowest BCUT2D eigenvalue weighted by Gasteiger charge is -2.17. The zero-order valence-corrected chi connectivity index (χ0v) is 10.0. The summed E-state index contributed by atoms with van der Waals surface area (Å²) in [6, 6.07) is 9.33. The van der Waals surface area contributed by atoms with Crippen LogP contribution in [0.25, 0.3) is 0 Å². The summed E-state index contributed by atoms with van der Waals surface area (Å²) in [7, 11) is 0. The number of benzene rings is 1. The number of carboxylic acids is 1. The van der Waals surface area contributed by atoms with Gasteiger partial charge in [0.1, 0.15) is 0 Å². The van der Waals surface area contributed by atoms with E-state index in [2.05, 4.69) is 0 Å². The number of carboxylic acid groups (broad SMARTS) is 1. The van der Waals surface area contributed by atoms with Crippen molar-refractivity contribution in [2.75, 3.05) is 0 Å². The minimum absolute atomic E-state index is 0.0911. The molecule has 0 aliphatic rings. The van der Waals surface area contributed by atoms with Crippen molar-refractivity contribution in [3.8, 4) is 0 Å². The van der Waals surface area contributed by atoms with Crippen LogP contribution in [0.2, 0.25) is 0 Å². The van der Waals surface area contributed by atoms with Crippen LogP contribution in [-0.4, -0.2) is 22.9 Å². The fourth-order valence-corrected chi connectivity index (χ4v) is 1.35. The average molecular weight is 235 g/mol. The van der Waals surface area contributed by atoms with E-state index in [-0.39, 0.29) is 18.2 Å². The Bertz CT molecular complexity index is 387. The topological polar surface area (TPSA) is 70.4 Å². The molecule has 1 aromatic rings. The van der Waals surface area contributed by atoms with Gasteiger partial charge in [0, 0.05) is 0 Å². The molecule has 1 unspecified atom stereocenters. The van der Waals surface area contributed by atoms with Crippen LogP contribution in [0.1, 0.15) is 19.4 Å². The highest BCUT2D eigenvalue weighted by Crippen LogP contribution is 2.09. The third-order valence-electron chi connectivity index (χ3n) is 2.39. The molecule has 4 nitrogen and oxygen atoms in total. The minimum Gasteiger partial charge on any atom is -0.479 e. The molecule has 0 aliphatic heterocycles. The molecule has 92 valence electrons. The number of aliphatic carboxylic acids is 1. The Morgan fingerprint density at radius 1 is 1.35 bits per heavy atom. The van der Waals surface area contributed by atoms with E-state index in [1.54, 1.807) is 13.8 Å². The fraction of sp³-hybridized carbons (Fsp3) is 0.385. The molecular formula is C13H17NO3. The number of ether oxygens (including phenoxy) is 1. The van der Waals surface area contributed by atoms with Crippen molar-refractivity contribution in [1.82, 2.24) is 0 Å². The molecule has 0 saturated carbocycles. The number of hydrogen-bond donors (Lipinski definition) is 2. The van der Waals surface area contributed by atoms with Crippen LogP contribution in [0, 0.1) is 11.3 Å². The molecule has 1 atom stereocenters. The van der Waals surface area contributed by atoms with E-state index in [9.17, 15) is 4.79 Å². The first-order valence-corrected chi connectivity index (χ1v) is 5.49. The van der Waals surface area contributed by atoms with Crippen LogP contribution in [0.5, 0.6) is 0 Å². The highest BCUT2D eigenvalue weighted by molar-refractivity contribution is 6.03. The molecule has 0 aliphatic carbocycles. The molecule has 0 heterocycles. The van der Waals surface area contributed by atoms with Crippen molar-refractivity contribution in [3.63, 3.8) is 0 Å². The van der Waals surface area contributed by atoms with Gasteiger partial charge in [-0.15, -0.1) is 0 Å². The molecule has 17 heavy (non-hydrogen) atoms. The van der Waals surface area contributed by atoms with Gasteiger partial charge in [-0.05, 0) is 11.5 Å². The summed E-state index contributed by atoms with van der Waals surface area (Å²) in [6.45, 7) is 3.77. The van der Waals surface area contributed by atoms with E-state index < -0.39 is 12.1 Å². The quantitative estimate of drug-likeness (QED) is 0.743. The maximum absolute atomic E-state index is 11.0. The molecule has 0 amide bonds. The Labute approximate surface area is 101 Å². The van der Waals surface area contributed by atoms with Crippen LogP contribution in [0.3, 0.4) is 0 Å². The molecule has 4 heteroatoms. The normalized spacial score (nSPS) is 12.4. The maximum atomic E-state index is 11.0. The third kappa shape index (κ3) is 4.00. The van der Waals surface area contributed by atoms with Crippen LogP contribution >= 0.6 is 0 Å². The van der Waals surface area contributed by atoms with Crippen molar-refractivity contribution in [2.24, 2.45) is 5.92 Å². The van der Waals surface area contributed by atoms with E-state index >= 15 is 0 Å². The smallest absolute Gasteiger partial charge is 0.338 e. The Morgan fingerprint density at radius 3 is 2.41 bits per heavy atom. The van der Waals surface area contributed by atoms with E-state index in [4.69, 9.17) is 15.3 Å². The standard InChI is InChI=1S/C13H17NO3/c1-9(2)11(14)12(13(15)16)17-8-10-6-4-3-5-7-10/h3-7,9,12,14H,8H2,1-2H3,(H,15,16). The monoisotopic (exact) mass is 235 g/mol. The van der Waals surface area contributed by atoms with E-state index in [1.165, 1.54) is 0 Å². The molecule has 0 aromatic heterocycles. The van der Waals surface area contributed by atoms with Crippen molar-refractivity contribution >= 4 is 11.7 Å². The lowest BCUT2D eigenvalue weighted by molar-refractivity contribution is -0.146. The number of rotatable bonds is 6. The Balaban J connectivity index is 2.63. The summed E-state index contributed by atoms with van der Waals surface area (Å²) in [4.78, 5) is 11.0. The second kappa shape index (κ2) is 6.15. The SMILES string of the molecule is CC(C)C(=N)C(OCc1ccccc1)C(=O)O. The van der Waals surface area contributed by atoms with Gasteiger partial charge in [-0.2, -0.15) is 0 Å². The van der Waals surface area contributed by atoms with E-state index in [0.717, 1.165) is 5.56 Å². The van der Waals surface area contributed by atoms with Crippen molar-refractivity contribution in [1.29, 1.82) is 5.41 Å². The second-order valence-corrected chi connectivity index (χ2v) is 4.12. The van der Waals surface area contributed by atoms with Crippen molar-refractivity contribution in [2.45, 2.75) is 26.6 Å². The maximum Gasteiger partial charge on any atom is 0.338 e. The predicted octanol–water partition coefficient (Wildman–Crippen LogP) is 2.33.